The summed E-state index contributed by atoms with van der Waals surface area (Å²) in [6.07, 6.45) is 0.241. The number of morpholine rings is 1. The molecule has 0 spiro atoms. The van der Waals surface area contributed by atoms with Gasteiger partial charge in [0.1, 0.15) is 6.61 Å². The van der Waals surface area contributed by atoms with Crippen molar-refractivity contribution < 1.29 is 27.5 Å². The van der Waals surface area contributed by atoms with Crippen LogP contribution < -0.4 is 10.2 Å². The number of ether oxygens (including phenoxy) is 2. The van der Waals surface area contributed by atoms with Gasteiger partial charge in [-0.1, -0.05) is 24.3 Å². The van der Waals surface area contributed by atoms with Gasteiger partial charge in [0.15, 0.2) is 0 Å². The van der Waals surface area contributed by atoms with Crippen molar-refractivity contribution in [3.05, 3.63) is 54.1 Å². The van der Waals surface area contributed by atoms with E-state index in [4.69, 9.17) is 9.47 Å². The molecule has 0 aliphatic carbocycles. The molecule has 0 radical (unpaired) electrons. The van der Waals surface area contributed by atoms with Crippen molar-refractivity contribution in [2.45, 2.75) is 17.7 Å². The van der Waals surface area contributed by atoms with Crippen molar-refractivity contribution in [1.29, 1.82) is 0 Å². The predicted molar refractivity (Wildman–Crippen MR) is 118 cm³/mol. The highest BCUT2D eigenvalue weighted by molar-refractivity contribution is 7.89. The van der Waals surface area contributed by atoms with Gasteiger partial charge in [0.25, 0.3) is 0 Å². The fourth-order valence-corrected chi connectivity index (χ4v) is 5.07. The Balaban J connectivity index is 1.35. The number of benzene rings is 2. The van der Waals surface area contributed by atoms with Gasteiger partial charge in [-0.25, -0.2) is 13.2 Å². The summed E-state index contributed by atoms with van der Waals surface area (Å²) in [5.74, 6) is -0.199. The number of amides is 2. The minimum atomic E-state index is -3.54. The molecule has 9 nitrogen and oxygen atoms in total. The van der Waals surface area contributed by atoms with E-state index in [9.17, 15) is 18.0 Å². The van der Waals surface area contributed by atoms with Crippen LogP contribution in [0, 0.1) is 0 Å². The second-order valence-corrected chi connectivity index (χ2v) is 9.43. The lowest BCUT2D eigenvalue weighted by molar-refractivity contribution is -0.116. The first-order valence-electron chi connectivity index (χ1n) is 10.5. The Morgan fingerprint density at radius 2 is 1.69 bits per heavy atom. The Bertz CT molecular complexity index is 1080. The molecule has 0 atom stereocenters. The van der Waals surface area contributed by atoms with Crippen molar-refractivity contribution in [2.75, 3.05) is 49.7 Å². The third-order valence-corrected chi connectivity index (χ3v) is 7.31. The largest absolute Gasteiger partial charge is 0.447 e. The van der Waals surface area contributed by atoms with E-state index in [1.807, 2.05) is 0 Å². The van der Waals surface area contributed by atoms with E-state index in [0.29, 0.717) is 57.3 Å². The first kappa shape index (κ1) is 22.3. The van der Waals surface area contributed by atoms with Crippen LogP contribution in [-0.2, 0) is 30.7 Å². The lowest BCUT2D eigenvalue weighted by atomic mass is 10.1. The number of sulfonamides is 1. The van der Waals surface area contributed by atoms with Gasteiger partial charge in [-0.15, -0.1) is 0 Å². The molecule has 2 heterocycles. The van der Waals surface area contributed by atoms with Gasteiger partial charge in [0, 0.05) is 19.5 Å². The summed E-state index contributed by atoms with van der Waals surface area (Å²) in [6.45, 7) is 2.24. The molecular weight excluding hydrogens is 434 g/mol. The van der Waals surface area contributed by atoms with Crippen LogP contribution in [0.3, 0.4) is 0 Å². The van der Waals surface area contributed by atoms with Crippen LogP contribution in [0.1, 0.15) is 12.0 Å². The summed E-state index contributed by atoms with van der Waals surface area (Å²) in [7, 11) is -3.54. The molecule has 32 heavy (non-hydrogen) atoms. The quantitative estimate of drug-likeness (QED) is 0.681. The number of nitrogens with zero attached hydrogens (tertiary/aromatic N) is 2. The molecule has 2 saturated heterocycles. The molecule has 0 aromatic heterocycles. The van der Waals surface area contributed by atoms with E-state index in [0.717, 1.165) is 5.56 Å². The van der Waals surface area contributed by atoms with Crippen molar-refractivity contribution in [1.82, 2.24) is 4.31 Å². The number of hydrogen-bond donors (Lipinski definition) is 1. The summed E-state index contributed by atoms with van der Waals surface area (Å²) >= 11 is 0. The third kappa shape index (κ3) is 4.93. The average Bonchev–Trinajstić information content (AvgIpc) is 3.24. The van der Waals surface area contributed by atoms with Crippen LogP contribution in [0.25, 0.3) is 0 Å². The number of nitrogens with one attached hydrogen (secondary N) is 1. The number of hydrogen-bond acceptors (Lipinski definition) is 6. The Labute approximate surface area is 187 Å². The Morgan fingerprint density at radius 1 is 0.969 bits per heavy atom. The van der Waals surface area contributed by atoms with Gasteiger partial charge in [-0.3, -0.25) is 9.69 Å². The molecule has 2 aromatic carbocycles. The van der Waals surface area contributed by atoms with Crippen molar-refractivity contribution in [3.63, 3.8) is 0 Å². The van der Waals surface area contributed by atoms with E-state index in [1.165, 1.54) is 9.21 Å². The molecule has 170 valence electrons. The highest BCUT2D eigenvalue weighted by Gasteiger charge is 2.27. The van der Waals surface area contributed by atoms with Gasteiger partial charge in [0.2, 0.25) is 15.9 Å². The molecular formula is C22H25N3O6S. The zero-order valence-electron chi connectivity index (χ0n) is 17.5. The number of carbonyl (C=O) groups excluding carboxylic acids is 2. The first-order valence-corrected chi connectivity index (χ1v) is 11.9. The monoisotopic (exact) mass is 459 g/mol. The summed E-state index contributed by atoms with van der Waals surface area (Å²) in [6, 6.07) is 13.7. The molecule has 0 unspecified atom stereocenters. The van der Waals surface area contributed by atoms with Gasteiger partial charge in [-0.2, -0.15) is 4.31 Å². The normalized spacial score (nSPS) is 17.2. The van der Waals surface area contributed by atoms with Crippen molar-refractivity contribution >= 4 is 33.4 Å². The Hall–Kier alpha value is -2.95. The minimum Gasteiger partial charge on any atom is -0.447 e. The van der Waals surface area contributed by atoms with Gasteiger partial charge >= 0.3 is 6.09 Å². The number of aryl methyl sites for hydroxylation is 1. The maximum atomic E-state index is 12.7. The highest BCUT2D eigenvalue weighted by Crippen LogP contribution is 2.28. The predicted octanol–water partition coefficient (Wildman–Crippen LogP) is 2.24. The zero-order chi connectivity index (χ0) is 22.6. The summed E-state index contributed by atoms with van der Waals surface area (Å²) in [5.41, 5.74) is 2.00. The fraction of sp³-hybridized carbons (Fsp3) is 0.364. The molecule has 0 bridgehead atoms. The second-order valence-electron chi connectivity index (χ2n) is 7.49. The second kappa shape index (κ2) is 9.68. The lowest BCUT2D eigenvalue weighted by Gasteiger charge is -2.26. The van der Waals surface area contributed by atoms with Crippen LogP contribution >= 0.6 is 0 Å². The smallest absolute Gasteiger partial charge is 0.414 e. The van der Waals surface area contributed by atoms with E-state index in [-0.39, 0.29) is 17.2 Å². The maximum absolute atomic E-state index is 12.7. The molecule has 1 N–H and O–H groups in total. The van der Waals surface area contributed by atoms with Crippen LogP contribution in [-0.4, -0.2) is 64.2 Å². The van der Waals surface area contributed by atoms with Crippen LogP contribution in [0.4, 0.5) is 16.2 Å². The van der Waals surface area contributed by atoms with Crippen LogP contribution in [0.15, 0.2) is 53.4 Å². The first-order chi connectivity index (χ1) is 15.4. The summed E-state index contributed by atoms with van der Waals surface area (Å²) < 4.78 is 37.0. The average molecular weight is 460 g/mol. The number of para-hydroxylation sites is 2. The fourth-order valence-electron chi connectivity index (χ4n) is 3.66. The Morgan fingerprint density at radius 3 is 2.38 bits per heavy atom. The van der Waals surface area contributed by atoms with Gasteiger partial charge in [-0.05, 0) is 36.2 Å². The third-order valence-electron chi connectivity index (χ3n) is 5.40. The van der Waals surface area contributed by atoms with Crippen molar-refractivity contribution in [3.8, 4) is 0 Å². The van der Waals surface area contributed by atoms with E-state index in [1.54, 1.807) is 48.5 Å². The summed E-state index contributed by atoms with van der Waals surface area (Å²) in [4.78, 5) is 26.1. The molecule has 10 heteroatoms. The molecule has 2 aliphatic rings. The lowest BCUT2D eigenvalue weighted by Crippen LogP contribution is -2.40. The van der Waals surface area contributed by atoms with Gasteiger partial charge in [0.05, 0.1) is 36.0 Å². The highest BCUT2D eigenvalue weighted by atomic mass is 32.2. The van der Waals surface area contributed by atoms with Crippen molar-refractivity contribution in [2.24, 2.45) is 0 Å². The molecule has 2 aromatic rings. The maximum Gasteiger partial charge on any atom is 0.414 e. The molecule has 4 rings (SSSR count). The molecule has 2 aliphatic heterocycles. The SMILES string of the molecule is O=C(CCc1ccc(S(=O)(=O)N2CCOCC2)cc1)Nc1ccccc1N1CCOC1=O. The molecule has 2 fully saturated rings. The molecule has 0 saturated carbocycles. The summed E-state index contributed by atoms with van der Waals surface area (Å²) in [5, 5.41) is 2.85. The Kier molecular flexibility index (Phi) is 6.73. The number of carbonyl (C=O) groups is 2. The van der Waals surface area contributed by atoms with Crippen LogP contribution in [0.2, 0.25) is 0 Å². The number of cyclic esters (lactones) is 1. The minimum absolute atomic E-state index is 0.199. The van der Waals surface area contributed by atoms with Crippen LogP contribution in [0.5, 0.6) is 0 Å². The molecule has 2 amide bonds. The number of rotatable bonds is 7. The van der Waals surface area contributed by atoms with E-state index < -0.39 is 16.1 Å². The topological polar surface area (TPSA) is 105 Å². The van der Waals surface area contributed by atoms with Gasteiger partial charge < -0.3 is 14.8 Å². The number of anilines is 2. The zero-order valence-corrected chi connectivity index (χ0v) is 18.3. The standard InChI is InChI=1S/C22H25N3O6S/c26-21(23-19-3-1-2-4-20(19)25-13-16-31-22(25)27)10-7-17-5-8-18(9-6-17)32(28,29)24-11-14-30-15-12-24/h1-6,8-9H,7,10-16H2,(H,23,26). The van der Waals surface area contributed by atoms with E-state index in [2.05, 4.69) is 5.32 Å². The van der Waals surface area contributed by atoms with E-state index >= 15 is 0 Å².